The second-order valence-corrected chi connectivity index (χ2v) is 8.29. The first-order valence-corrected chi connectivity index (χ1v) is 9.25. The Bertz CT molecular complexity index is 533. The molecule has 19 heavy (non-hydrogen) atoms. The molecule has 0 bridgehead atoms. The van der Waals surface area contributed by atoms with E-state index in [4.69, 9.17) is 0 Å². The van der Waals surface area contributed by atoms with Crippen LogP contribution in [0.4, 0.5) is 0 Å². The Morgan fingerprint density at radius 2 is 1.84 bits per heavy atom. The third kappa shape index (κ3) is 3.32. The van der Waals surface area contributed by atoms with E-state index in [0.29, 0.717) is 4.83 Å². The zero-order chi connectivity index (χ0) is 13.2. The summed E-state index contributed by atoms with van der Waals surface area (Å²) < 4.78 is 1.15. The van der Waals surface area contributed by atoms with Crippen LogP contribution in [0.25, 0.3) is 0 Å². The molecule has 1 atom stereocenters. The summed E-state index contributed by atoms with van der Waals surface area (Å²) in [5.41, 5.74) is 2.99. The first kappa shape index (κ1) is 13.8. The SMILES string of the molecule is Brc1ccc(CC(Br)c2cc3c(s2)CCCC3)cc1. The lowest BCUT2D eigenvalue weighted by Crippen LogP contribution is -1.96. The molecule has 0 aliphatic heterocycles. The molecular formula is C16H16Br2S. The van der Waals surface area contributed by atoms with E-state index in [1.807, 2.05) is 11.3 Å². The molecule has 1 aromatic heterocycles. The van der Waals surface area contributed by atoms with Gasteiger partial charge in [-0.05, 0) is 61.4 Å². The van der Waals surface area contributed by atoms with E-state index in [9.17, 15) is 0 Å². The predicted octanol–water partition coefficient (Wildman–Crippen LogP) is 6.07. The van der Waals surface area contributed by atoms with Crippen LogP contribution in [0.15, 0.2) is 34.8 Å². The lowest BCUT2D eigenvalue weighted by Gasteiger charge is -2.08. The molecule has 1 aliphatic carbocycles. The number of rotatable bonds is 3. The lowest BCUT2D eigenvalue weighted by atomic mass is 9.99. The Hall–Kier alpha value is -0.120. The molecule has 2 aromatic rings. The molecule has 0 N–H and O–H groups in total. The van der Waals surface area contributed by atoms with Crippen LogP contribution in [-0.2, 0) is 19.3 Å². The Labute approximate surface area is 135 Å². The van der Waals surface area contributed by atoms with Gasteiger partial charge >= 0.3 is 0 Å². The highest BCUT2D eigenvalue weighted by molar-refractivity contribution is 9.10. The summed E-state index contributed by atoms with van der Waals surface area (Å²) in [6.45, 7) is 0. The maximum atomic E-state index is 3.87. The first-order chi connectivity index (χ1) is 9.22. The zero-order valence-electron chi connectivity index (χ0n) is 10.7. The van der Waals surface area contributed by atoms with Gasteiger partial charge in [0.2, 0.25) is 0 Å². The normalized spacial score (nSPS) is 16.1. The summed E-state index contributed by atoms with van der Waals surface area (Å²) in [4.78, 5) is 3.57. The highest BCUT2D eigenvalue weighted by atomic mass is 79.9. The Morgan fingerprint density at radius 3 is 2.58 bits per heavy atom. The van der Waals surface area contributed by atoms with Crippen LogP contribution in [-0.4, -0.2) is 0 Å². The third-order valence-corrected chi connectivity index (χ3v) is 6.65. The van der Waals surface area contributed by atoms with Gasteiger partial charge in [-0.25, -0.2) is 0 Å². The van der Waals surface area contributed by atoms with Crippen LogP contribution in [0.3, 0.4) is 0 Å². The first-order valence-electron chi connectivity index (χ1n) is 6.72. The van der Waals surface area contributed by atoms with Crippen LogP contribution >= 0.6 is 43.2 Å². The van der Waals surface area contributed by atoms with Crippen molar-refractivity contribution in [1.82, 2.24) is 0 Å². The van der Waals surface area contributed by atoms with Gasteiger partial charge in [0.05, 0.1) is 4.83 Å². The molecule has 0 radical (unpaired) electrons. The topological polar surface area (TPSA) is 0 Å². The fraction of sp³-hybridized carbons (Fsp3) is 0.375. The lowest BCUT2D eigenvalue weighted by molar-refractivity contribution is 0.697. The summed E-state index contributed by atoms with van der Waals surface area (Å²) in [5.74, 6) is 0. The van der Waals surface area contributed by atoms with Crippen LogP contribution in [0, 0.1) is 0 Å². The molecule has 3 rings (SSSR count). The smallest absolute Gasteiger partial charge is 0.0529 e. The van der Waals surface area contributed by atoms with Crippen molar-refractivity contribution in [2.24, 2.45) is 0 Å². The maximum absolute atomic E-state index is 3.87. The van der Waals surface area contributed by atoms with Crippen LogP contribution in [0.1, 0.15) is 38.6 Å². The molecule has 100 valence electrons. The second kappa shape index (κ2) is 6.11. The van der Waals surface area contributed by atoms with Crippen molar-refractivity contribution < 1.29 is 0 Å². The minimum Gasteiger partial charge on any atom is -0.144 e. The summed E-state index contributed by atoms with van der Waals surface area (Å²) in [7, 11) is 0. The summed E-state index contributed by atoms with van der Waals surface area (Å²) in [5, 5.41) is 0. The highest BCUT2D eigenvalue weighted by Gasteiger charge is 2.17. The average molecular weight is 400 g/mol. The van der Waals surface area contributed by atoms with Crippen molar-refractivity contribution in [3.05, 3.63) is 55.7 Å². The standard InChI is InChI=1S/C16H16Br2S/c17-13-7-5-11(6-8-13)9-14(18)16-10-12-3-1-2-4-15(12)19-16/h5-8,10,14H,1-4,9H2. The highest BCUT2D eigenvalue weighted by Crippen LogP contribution is 2.37. The minimum absolute atomic E-state index is 0.448. The van der Waals surface area contributed by atoms with E-state index in [-0.39, 0.29) is 0 Å². The van der Waals surface area contributed by atoms with E-state index >= 15 is 0 Å². The molecule has 1 heterocycles. The van der Waals surface area contributed by atoms with Crippen LogP contribution in [0.5, 0.6) is 0 Å². The van der Waals surface area contributed by atoms with Gasteiger partial charge in [-0.15, -0.1) is 11.3 Å². The Balaban J connectivity index is 1.74. The number of halogens is 2. The van der Waals surface area contributed by atoms with E-state index in [1.54, 1.807) is 10.4 Å². The van der Waals surface area contributed by atoms with Gasteiger partial charge < -0.3 is 0 Å². The fourth-order valence-electron chi connectivity index (χ4n) is 2.60. The number of aryl methyl sites for hydroxylation is 2. The molecule has 0 fully saturated rings. The van der Waals surface area contributed by atoms with Gasteiger partial charge in [-0.2, -0.15) is 0 Å². The van der Waals surface area contributed by atoms with Gasteiger partial charge in [0.25, 0.3) is 0 Å². The van der Waals surface area contributed by atoms with Crippen molar-refractivity contribution >= 4 is 43.2 Å². The van der Waals surface area contributed by atoms with E-state index in [0.717, 1.165) is 10.9 Å². The Morgan fingerprint density at radius 1 is 1.11 bits per heavy atom. The van der Waals surface area contributed by atoms with Crippen molar-refractivity contribution in [3.63, 3.8) is 0 Å². The quantitative estimate of drug-likeness (QED) is 0.549. The van der Waals surface area contributed by atoms with Gasteiger partial charge in [-0.3, -0.25) is 0 Å². The largest absolute Gasteiger partial charge is 0.144 e. The van der Waals surface area contributed by atoms with Crippen LogP contribution in [0.2, 0.25) is 0 Å². The molecule has 0 saturated carbocycles. The fourth-order valence-corrected chi connectivity index (χ4v) is 4.88. The second-order valence-electron chi connectivity index (χ2n) is 5.10. The number of hydrogen-bond acceptors (Lipinski definition) is 1. The summed E-state index contributed by atoms with van der Waals surface area (Å²) in [6.07, 6.45) is 6.37. The van der Waals surface area contributed by atoms with Crippen molar-refractivity contribution in [2.45, 2.75) is 36.9 Å². The van der Waals surface area contributed by atoms with Crippen molar-refractivity contribution in [3.8, 4) is 0 Å². The van der Waals surface area contributed by atoms with E-state index in [1.165, 1.54) is 36.1 Å². The molecule has 0 nitrogen and oxygen atoms in total. The molecule has 1 aliphatic rings. The summed E-state index contributed by atoms with van der Waals surface area (Å²) in [6, 6.07) is 11.1. The molecule has 0 saturated heterocycles. The molecule has 0 amide bonds. The third-order valence-electron chi connectivity index (χ3n) is 3.65. The Kier molecular flexibility index (Phi) is 4.45. The van der Waals surface area contributed by atoms with Crippen LogP contribution < -0.4 is 0 Å². The molecule has 0 spiro atoms. The van der Waals surface area contributed by atoms with Crippen molar-refractivity contribution in [1.29, 1.82) is 0 Å². The van der Waals surface area contributed by atoms with Gasteiger partial charge in [-0.1, -0.05) is 44.0 Å². The number of fused-ring (bicyclic) bond motifs is 1. The maximum Gasteiger partial charge on any atom is 0.0529 e. The monoisotopic (exact) mass is 398 g/mol. The number of alkyl halides is 1. The minimum atomic E-state index is 0.448. The summed E-state index contributed by atoms with van der Waals surface area (Å²) >= 11 is 9.36. The van der Waals surface area contributed by atoms with Gasteiger partial charge in [0, 0.05) is 14.2 Å². The van der Waals surface area contributed by atoms with Gasteiger partial charge in [0.1, 0.15) is 0 Å². The van der Waals surface area contributed by atoms with Gasteiger partial charge in [0.15, 0.2) is 0 Å². The number of hydrogen-bond donors (Lipinski definition) is 0. The van der Waals surface area contributed by atoms with E-state index < -0.39 is 0 Å². The molecular weight excluding hydrogens is 384 g/mol. The van der Waals surface area contributed by atoms with Crippen molar-refractivity contribution in [2.75, 3.05) is 0 Å². The predicted molar refractivity (Wildman–Crippen MR) is 90.5 cm³/mol. The van der Waals surface area contributed by atoms with E-state index in [2.05, 4.69) is 62.2 Å². The molecule has 1 unspecified atom stereocenters. The number of benzene rings is 1. The number of thiophene rings is 1. The molecule has 3 heteroatoms. The average Bonchev–Trinajstić information content (AvgIpc) is 2.85. The zero-order valence-corrected chi connectivity index (χ0v) is 14.7. The molecule has 1 aromatic carbocycles.